The fourth-order valence-corrected chi connectivity index (χ4v) is 3.01. The molecule has 2 aromatic carbocycles. The monoisotopic (exact) mass is 430 g/mol. The molecule has 4 N–H and O–H groups in total. The minimum absolute atomic E-state index is 0.120. The highest BCUT2D eigenvalue weighted by molar-refractivity contribution is 5.94. The van der Waals surface area contributed by atoms with E-state index in [1.807, 2.05) is 6.07 Å². The summed E-state index contributed by atoms with van der Waals surface area (Å²) >= 11 is 0. The molecule has 1 amide bonds. The molecule has 0 saturated carbocycles. The highest BCUT2D eigenvalue weighted by Crippen LogP contribution is 2.28. The fraction of sp³-hybridized carbons (Fsp3) is 0.136. The summed E-state index contributed by atoms with van der Waals surface area (Å²) in [6.45, 7) is 1.79. The number of fused-ring (bicyclic) bond motifs is 1. The van der Waals surface area contributed by atoms with Crippen LogP contribution in [0, 0.1) is 18.3 Å². The molecule has 0 bridgehead atoms. The Morgan fingerprint density at radius 1 is 1.16 bits per heavy atom. The SMILES string of the molecule is Cc1nc2nc(Oc3cccc(C(=O)N(C)C)c3)[nH+]c(Oc3ccc(C#N)c(N)c3)c2[nH]1. The van der Waals surface area contributed by atoms with Crippen LogP contribution in [0.1, 0.15) is 21.7 Å². The minimum Gasteiger partial charge on any atom is -0.421 e. The van der Waals surface area contributed by atoms with Crippen molar-refractivity contribution in [2.45, 2.75) is 6.92 Å². The van der Waals surface area contributed by atoms with E-state index in [9.17, 15) is 4.79 Å². The topological polar surface area (TPSA) is 144 Å². The maximum absolute atomic E-state index is 12.2. The molecule has 0 unspecified atom stereocenters. The Bertz CT molecular complexity index is 1370. The van der Waals surface area contributed by atoms with Crippen LogP contribution in [-0.4, -0.2) is 39.9 Å². The van der Waals surface area contributed by atoms with Gasteiger partial charge in [-0.15, -0.1) is 0 Å². The van der Waals surface area contributed by atoms with Gasteiger partial charge in [-0.3, -0.25) is 4.79 Å². The van der Waals surface area contributed by atoms with Crippen molar-refractivity contribution in [1.29, 1.82) is 5.26 Å². The third kappa shape index (κ3) is 4.13. The third-order valence-electron chi connectivity index (χ3n) is 4.52. The first-order chi connectivity index (χ1) is 15.3. The van der Waals surface area contributed by atoms with E-state index >= 15 is 0 Å². The highest BCUT2D eigenvalue weighted by Gasteiger charge is 2.23. The lowest BCUT2D eigenvalue weighted by atomic mass is 10.2. The van der Waals surface area contributed by atoms with Gasteiger partial charge in [0, 0.05) is 30.7 Å². The number of rotatable bonds is 5. The molecule has 4 aromatic rings. The Morgan fingerprint density at radius 2 is 1.94 bits per heavy atom. The normalized spacial score (nSPS) is 10.6. The summed E-state index contributed by atoms with van der Waals surface area (Å²) in [5, 5.41) is 9.07. The van der Waals surface area contributed by atoms with Gasteiger partial charge in [0.05, 0.1) is 11.3 Å². The summed E-state index contributed by atoms with van der Waals surface area (Å²) in [6, 6.07) is 13.7. The molecular weight excluding hydrogens is 410 g/mol. The zero-order valence-electron chi connectivity index (χ0n) is 17.6. The molecule has 0 aliphatic rings. The number of nitrogens with zero attached hydrogens (tertiary/aromatic N) is 4. The summed E-state index contributed by atoms with van der Waals surface area (Å²) in [7, 11) is 3.36. The number of nitriles is 1. The standard InChI is InChI=1S/C22H19N7O3/c1-12-25-18-19(26-12)27-22(32-15-6-4-5-13(9-15)21(30)29(2)3)28-20(18)31-16-8-7-14(11-23)17(24)10-16/h4-10H,24H2,1-3H3,(H,25,26,27,28)/p+1. The van der Waals surface area contributed by atoms with Crippen LogP contribution in [0.3, 0.4) is 0 Å². The molecular formula is C22H20N7O3+. The van der Waals surface area contributed by atoms with E-state index in [-0.39, 0.29) is 11.9 Å². The zero-order valence-corrected chi connectivity index (χ0v) is 17.6. The van der Waals surface area contributed by atoms with E-state index in [2.05, 4.69) is 19.9 Å². The quantitative estimate of drug-likeness (QED) is 0.463. The molecule has 0 aliphatic carbocycles. The highest BCUT2D eigenvalue weighted by atomic mass is 16.5. The van der Waals surface area contributed by atoms with Gasteiger partial charge in [-0.1, -0.05) is 6.07 Å². The number of aromatic amines is 2. The number of imidazole rings is 1. The molecule has 0 spiro atoms. The summed E-state index contributed by atoms with van der Waals surface area (Å²) in [4.78, 5) is 28.5. The Balaban J connectivity index is 1.70. The molecule has 160 valence electrons. The summed E-state index contributed by atoms with van der Waals surface area (Å²) in [5.41, 5.74) is 7.95. The van der Waals surface area contributed by atoms with Crippen molar-refractivity contribution in [2.24, 2.45) is 0 Å². The van der Waals surface area contributed by atoms with Crippen LogP contribution in [-0.2, 0) is 0 Å². The predicted octanol–water partition coefficient (Wildman–Crippen LogP) is 2.82. The molecule has 0 atom stereocenters. The number of hydrogen-bond donors (Lipinski definition) is 2. The average Bonchev–Trinajstić information content (AvgIpc) is 3.14. The molecule has 0 radical (unpaired) electrons. The second-order valence-electron chi connectivity index (χ2n) is 7.18. The van der Waals surface area contributed by atoms with E-state index < -0.39 is 0 Å². The van der Waals surface area contributed by atoms with Gasteiger partial charge in [-0.25, -0.2) is 0 Å². The number of ether oxygens (including phenoxy) is 2. The van der Waals surface area contributed by atoms with E-state index in [1.54, 1.807) is 63.5 Å². The number of nitrogens with one attached hydrogen (secondary N) is 2. The number of carbonyl (C=O) groups excluding carboxylic acids is 1. The van der Waals surface area contributed by atoms with Crippen LogP contribution in [0.4, 0.5) is 5.69 Å². The van der Waals surface area contributed by atoms with E-state index in [0.717, 1.165) is 0 Å². The largest absolute Gasteiger partial charge is 0.507 e. The summed E-state index contributed by atoms with van der Waals surface area (Å²) in [5.74, 6) is 1.63. The van der Waals surface area contributed by atoms with E-state index in [4.69, 9.17) is 20.5 Å². The van der Waals surface area contributed by atoms with Gasteiger partial charge in [0.25, 0.3) is 5.91 Å². The molecule has 32 heavy (non-hydrogen) atoms. The number of amides is 1. The van der Waals surface area contributed by atoms with Crippen molar-refractivity contribution in [3.63, 3.8) is 0 Å². The average molecular weight is 430 g/mol. The van der Waals surface area contributed by atoms with Crippen molar-refractivity contribution in [3.05, 3.63) is 59.4 Å². The van der Waals surface area contributed by atoms with Crippen molar-refractivity contribution < 1.29 is 19.3 Å². The maximum Gasteiger partial charge on any atom is 0.507 e. The molecule has 4 rings (SSSR count). The van der Waals surface area contributed by atoms with Gasteiger partial charge in [-0.05, 0) is 37.3 Å². The third-order valence-corrected chi connectivity index (χ3v) is 4.52. The Labute approximate surface area is 183 Å². The molecule has 2 heterocycles. The molecule has 0 aliphatic heterocycles. The first-order valence-electron chi connectivity index (χ1n) is 9.60. The lowest BCUT2D eigenvalue weighted by Gasteiger charge is -2.10. The number of nitrogens with two attached hydrogens (primary N) is 1. The molecule has 10 nitrogen and oxygen atoms in total. The molecule has 2 aromatic heterocycles. The van der Waals surface area contributed by atoms with Gasteiger partial charge < -0.3 is 25.1 Å². The Kier molecular flexibility index (Phi) is 5.30. The van der Waals surface area contributed by atoms with Crippen LogP contribution in [0.15, 0.2) is 42.5 Å². The van der Waals surface area contributed by atoms with Gasteiger partial charge in [-0.2, -0.15) is 15.2 Å². The predicted molar refractivity (Wildman–Crippen MR) is 115 cm³/mol. The first kappa shape index (κ1) is 20.6. The minimum atomic E-state index is -0.145. The lowest BCUT2D eigenvalue weighted by Crippen LogP contribution is -2.21. The van der Waals surface area contributed by atoms with Crippen molar-refractivity contribution >= 4 is 22.8 Å². The number of H-pyrrole nitrogens is 2. The van der Waals surface area contributed by atoms with E-state index in [1.165, 1.54) is 4.90 Å². The van der Waals surface area contributed by atoms with E-state index in [0.29, 0.717) is 51.2 Å². The summed E-state index contributed by atoms with van der Waals surface area (Å²) < 4.78 is 11.8. The second-order valence-corrected chi connectivity index (χ2v) is 7.18. The lowest BCUT2D eigenvalue weighted by molar-refractivity contribution is -0.405. The number of nitrogen functional groups attached to an aromatic ring is 1. The van der Waals surface area contributed by atoms with Gasteiger partial charge in [0.15, 0.2) is 5.52 Å². The Morgan fingerprint density at radius 3 is 2.66 bits per heavy atom. The number of hydrogen-bond acceptors (Lipinski definition) is 7. The molecule has 0 saturated heterocycles. The number of carbonyl (C=O) groups is 1. The van der Waals surface area contributed by atoms with Crippen molar-refractivity contribution in [3.8, 4) is 29.5 Å². The second kappa shape index (κ2) is 8.23. The number of anilines is 1. The smallest absolute Gasteiger partial charge is 0.421 e. The van der Waals surface area contributed by atoms with Gasteiger partial charge >= 0.3 is 17.5 Å². The molecule has 0 fully saturated rings. The first-order valence-corrected chi connectivity index (χ1v) is 9.60. The zero-order chi connectivity index (χ0) is 22.8. The number of aromatic nitrogens is 4. The van der Waals surface area contributed by atoms with Gasteiger partial charge in [0.2, 0.25) is 0 Å². The van der Waals surface area contributed by atoms with Crippen molar-refractivity contribution in [2.75, 3.05) is 19.8 Å². The van der Waals surface area contributed by atoms with Crippen molar-refractivity contribution in [1.82, 2.24) is 19.9 Å². The summed E-state index contributed by atoms with van der Waals surface area (Å²) in [6.07, 6.45) is 0. The number of aryl methyl sites for hydroxylation is 1. The van der Waals surface area contributed by atoms with Crippen LogP contribution < -0.4 is 20.2 Å². The Hall–Kier alpha value is -4.65. The maximum atomic E-state index is 12.2. The van der Waals surface area contributed by atoms with Crippen LogP contribution in [0.25, 0.3) is 11.2 Å². The van der Waals surface area contributed by atoms with Crippen LogP contribution in [0.5, 0.6) is 23.4 Å². The van der Waals surface area contributed by atoms with Gasteiger partial charge in [0.1, 0.15) is 23.4 Å². The fourth-order valence-electron chi connectivity index (χ4n) is 3.01. The number of benzene rings is 2. The van der Waals surface area contributed by atoms with Crippen LogP contribution >= 0.6 is 0 Å². The molecule has 10 heteroatoms. The van der Waals surface area contributed by atoms with Crippen LogP contribution in [0.2, 0.25) is 0 Å².